The van der Waals surface area contributed by atoms with E-state index >= 15 is 0 Å². The Labute approximate surface area is 122 Å². The van der Waals surface area contributed by atoms with Gasteiger partial charge in [-0.1, -0.05) is 12.1 Å². The summed E-state index contributed by atoms with van der Waals surface area (Å²) in [4.78, 5) is 22.2. The van der Waals surface area contributed by atoms with Gasteiger partial charge in [-0.05, 0) is 32.4 Å². The first-order valence-corrected chi connectivity index (χ1v) is 6.95. The van der Waals surface area contributed by atoms with E-state index in [0.717, 1.165) is 19.4 Å². The van der Waals surface area contributed by atoms with Crippen LogP contribution in [0.1, 0.15) is 19.8 Å². The Bertz CT molecular complexity index is 521. The first-order chi connectivity index (χ1) is 10.1. The first-order valence-electron chi connectivity index (χ1n) is 6.95. The molecule has 2 N–H and O–H groups in total. The van der Waals surface area contributed by atoms with Crippen molar-refractivity contribution in [3.8, 4) is 5.75 Å². The second-order valence-electron chi connectivity index (χ2n) is 5.16. The zero-order chi connectivity index (χ0) is 15.2. The molecule has 0 aliphatic carbocycles. The standard InChI is InChI=1S/C14H19N3O4/c1-10-8-11(6-7-15-10)16-14(18)9-21-13-5-3-2-4-12(13)17(19)20/h2-5,10-11,15H,6-9H2,1H3,(H,16,18). The number of rotatable bonds is 5. The van der Waals surface area contributed by atoms with Crippen LogP contribution in [0.5, 0.6) is 5.75 Å². The number of nitro groups is 1. The average Bonchev–Trinajstić information content (AvgIpc) is 2.45. The van der Waals surface area contributed by atoms with E-state index in [1.807, 2.05) is 0 Å². The minimum Gasteiger partial charge on any atom is -0.477 e. The van der Waals surface area contributed by atoms with Crippen molar-refractivity contribution in [2.45, 2.75) is 31.8 Å². The summed E-state index contributed by atoms with van der Waals surface area (Å²) in [6.45, 7) is 2.72. The number of carbonyl (C=O) groups is 1. The Kier molecular flexibility index (Phi) is 5.10. The molecule has 1 aliphatic heterocycles. The number of hydrogen-bond acceptors (Lipinski definition) is 5. The van der Waals surface area contributed by atoms with Crippen molar-refractivity contribution in [1.29, 1.82) is 0 Å². The smallest absolute Gasteiger partial charge is 0.310 e. The summed E-state index contributed by atoms with van der Waals surface area (Å²) in [5, 5.41) is 17.0. The van der Waals surface area contributed by atoms with Crippen molar-refractivity contribution < 1.29 is 14.5 Å². The Balaban J connectivity index is 1.85. The van der Waals surface area contributed by atoms with Gasteiger partial charge < -0.3 is 15.4 Å². The molecule has 0 bridgehead atoms. The van der Waals surface area contributed by atoms with Gasteiger partial charge in [-0.15, -0.1) is 0 Å². The fourth-order valence-corrected chi connectivity index (χ4v) is 2.41. The van der Waals surface area contributed by atoms with Crippen LogP contribution < -0.4 is 15.4 Å². The fourth-order valence-electron chi connectivity index (χ4n) is 2.41. The van der Waals surface area contributed by atoms with Gasteiger partial charge in [0.15, 0.2) is 12.4 Å². The average molecular weight is 293 g/mol. The third-order valence-electron chi connectivity index (χ3n) is 3.41. The van der Waals surface area contributed by atoms with Gasteiger partial charge in [0, 0.05) is 18.2 Å². The molecule has 0 saturated carbocycles. The predicted octanol–water partition coefficient (Wildman–Crippen LogP) is 1.23. The number of piperidine rings is 1. The molecule has 0 aromatic heterocycles. The van der Waals surface area contributed by atoms with Gasteiger partial charge in [-0.25, -0.2) is 0 Å². The maximum absolute atomic E-state index is 11.8. The van der Waals surface area contributed by atoms with Crippen LogP contribution in [0.2, 0.25) is 0 Å². The normalized spacial score (nSPS) is 21.6. The Morgan fingerprint density at radius 1 is 1.52 bits per heavy atom. The summed E-state index contributed by atoms with van der Waals surface area (Å²) in [5.41, 5.74) is -0.138. The minimum absolute atomic E-state index is 0.108. The van der Waals surface area contributed by atoms with Crippen molar-refractivity contribution in [2.24, 2.45) is 0 Å². The van der Waals surface area contributed by atoms with Crippen LogP contribution in [-0.2, 0) is 4.79 Å². The molecule has 1 aromatic carbocycles. The molecule has 1 heterocycles. The van der Waals surface area contributed by atoms with Gasteiger partial charge in [0.05, 0.1) is 4.92 Å². The third-order valence-corrected chi connectivity index (χ3v) is 3.41. The second-order valence-corrected chi connectivity index (χ2v) is 5.16. The van der Waals surface area contributed by atoms with Crippen LogP contribution in [0, 0.1) is 10.1 Å². The van der Waals surface area contributed by atoms with E-state index in [1.165, 1.54) is 12.1 Å². The largest absolute Gasteiger partial charge is 0.477 e. The molecule has 2 rings (SSSR count). The number of nitro benzene ring substituents is 1. The van der Waals surface area contributed by atoms with E-state index < -0.39 is 4.92 Å². The SMILES string of the molecule is CC1CC(NC(=O)COc2ccccc2[N+](=O)[O-])CCN1. The van der Waals surface area contributed by atoms with E-state index in [0.29, 0.717) is 6.04 Å². The zero-order valence-electron chi connectivity index (χ0n) is 11.9. The molecule has 114 valence electrons. The lowest BCUT2D eigenvalue weighted by molar-refractivity contribution is -0.385. The molecule has 2 unspecified atom stereocenters. The fraction of sp³-hybridized carbons (Fsp3) is 0.500. The molecular weight excluding hydrogens is 274 g/mol. The number of nitrogens with one attached hydrogen (secondary N) is 2. The number of ether oxygens (including phenoxy) is 1. The van der Waals surface area contributed by atoms with Gasteiger partial charge in [-0.3, -0.25) is 14.9 Å². The number of carbonyl (C=O) groups excluding carboxylic acids is 1. The lowest BCUT2D eigenvalue weighted by atomic mass is 10.0. The number of nitrogens with zero attached hydrogens (tertiary/aromatic N) is 1. The van der Waals surface area contributed by atoms with Gasteiger partial charge in [0.2, 0.25) is 0 Å². The zero-order valence-corrected chi connectivity index (χ0v) is 11.9. The highest BCUT2D eigenvalue weighted by Crippen LogP contribution is 2.25. The van der Waals surface area contributed by atoms with Crippen molar-refractivity contribution in [1.82, 2.24) is 10.6 Å². The van der Waals surface area contributed by atoms with Crippen LogP contribution in [0.25, 0.3) is 0 Å². The van der Waals surface area contributed by atoms with E-state index in [9.17, 15) is 14.9 Å². The summed E-state index contributed by atoms with van der Waals surface area (Å²) >= 11 is 0. The molecule has 7 heteroatoms. The maximum Gasteiger partial charge on any atom is 0.310 e. The number of amides is 1. The molecule has 1 amide bonds. The maximum atomic E-state index is 11.8. The molecule has 7 nitrogen and oxygen atoms in total. The molecule has 1 fully saturated rings. The van der Waals surface area contributed by atoms with Crippen LogP contribution >= 0.6 is 0 Å². The first kappa shape index (κ1) is 15.2. The van der Waals surface area contributed by atoms with Crippen molar-refractivity contribution in [3.05, 3.63) is 34.4 Å². The van der Waals surface area contributed by atoms with Crippen LogP contribution in [0.3, 0.4) is 0 Å². The van der Waals surface area contributed by atoms with E-state index in [-0.39, 0.29) is 30.0 Å². The summed E-state index contributed by atoms with van der Waals surface area (Å²) in [7, 11) is 0. The number of para-hydroxylation sites is 2. The van der Waals surface area contributed by atoms with E-state index in [4.69, 9.17) is 4.74 Å². The lowest BCUT2D eigenvalue weighted by Crippen LogP contribution is -2.47. The van der Waals surface area contributed by atoms with Crippen LogP contribution in [-0.4, -0.2) is 36.1 Å². The molecular formula is C14H19N3O4. The lowest BCUT2D eigenvalue weighted by Gasteiger charge is -2.28. The van der Waals surface area contributed by atoms with Gasteiger partial charge in [0.1, 0.15) is 0 Å². The van der Waals surface area contributed by atoms with E-state index in [1.54, 1.807) is 12.1 Å². The predicted molar refractivity (Wildman–Crippen MR) is 77.2 cm³/mol. The molecule has 0 radical (unpaired) electrons. The van der Waals surface area contributed by atoms with Crippen molar-refractivity contribution >= 4 is 11.6 Å². The monoisotopic (exact) mass is 293 g/mol. The minimum atomic E-state index is -0.526. The second kappa shape index (κ2) is 7.03. The molecule has 1 saturated heterocycles. The molecule has 21 heavy (non-hydrogen) atoms. The summed E-state index contributed by atoms with van der Waals surface area (Å²) in [6.07, 6.45) is 1.75. The summed E-state index contributed by atoms with van der Waals surface area (Å²) < 4.78 is 5.26. The number of benzene rings is 1. The molecule has 0 spiro atoms. The van der Waals surface area contributed by atoms with E-state index in [2.05, 4.69) is 17.6 Å². The quantitative estimate of drug-likeness (QED) is 0.629. The molecule has 1 aromatic rings. The van der Waals surface area contributed by atoms with Crippen molar-refractivity contribution in [3.63, 3.8) is 0 Å². The Hall–Kier alpha value is -2.15. The van der Waals surface area contributed by atoms with Crippen LogP contribution in [0.4, 0.5) is 5.69 Å². The topological polar surface area (TPSA) is 93.5 Å². The molecule has 2 atom stereocenters. The Morgan fingerprint density at radius 2 is 2.29 bits per heavy atom. The van der Waals surface area contributed by atoms with Crippen molar-refractivity contribution in [2.75, 3.05) is 13.2 Å². The summed E-state index contributed by atoms with van der Waals surface area (Å²) in [6, 6.07) is 6.53. The van der Waals surface area contributed by atoms with Gasteiger partial charge in [0.25, 0.3) is 5.91 Å². The summed E-state index contributed by atoms with van der Waals surface area (Å²) in [5.74, 6) is -0.149. The Morgan fingerprint density at radius 3 is 3.00 bits per heavy atom. The van der Waals surface area contributed by atoms with Crippen LogP contribution in [0.15, 0.2) is 24.3 Å². The number of hydrogen-bond donors (Lipinski definition) is 2. The molecule has 1 aliphatic rings. The van der Waals surface area contributed by atoms with Gasteiger partial charge >= 0.3 is 5.69 Å². The van der Waals surface area contributed by atoms with Gasteiger partial charge in [-0.2, -0.15) is 0 Å². The highest BCUT2D eigenvalue weighted by atomic mass is 16.6. The highest BCUT2D eigenvalue weighted by molar-refractivity contribution is 5.78. The third kappa shape index (κ3) is 4.42. The highest BCUT2D eigenvalue weighted by Gasteiger charge is 2.20.